The van der Waals surface area contributed by atoms with Gasteiger partial charge >= 0.3 is 5.97 Å². The van der Waals surface area contributed by atoms with Crippen LogP contribution >= 0.6 is 0 Å². The third-order valence-corrected chi connectivity index (χ3v) is 5.03. The van der Waals surface area contributed by atoms with Crippen LogP contribution < -0.4 is 9.64 Å². The number of hydrogen-bond acceptors (Lipinski definition) is 4. The number of ether oxygens (including phenoxy) is 2. The predicted octanol–water partition coefficient (Wildman–Crippen LogP) is 4.58. The molecule has 0 bridgehead atoms. The first-order valence-electron chi connectivity index (χ1n) is 9.53. The van der Waals surface area contributed by atoms with E-state index in [1.807, 2.05) is 56.3 Å². The Labute approximate surface area is 171 Å². The standard InChI is InChI=1S/C24H25NO4/c1-6-29-24(27)22-17(4)25(19-11-10-15(2)16(3)12-19)23(26)21(22)14-18-8-7-9-20(13-18)28-5/h7-14H,6H2,1-5H3/b21-14-. The van der Waals surface area contributed by atoms with E-state index in [2.05, 4.69) is 0 Å². The molecule has 0 aliphatic carbocycles. The molecule has 5 nitrogen and oxygen atoms in total. The SMILES string of the molecule is CCOC(=O)C1=C(C)N(c2ccc(C)c(C)c2)C(=O)/C1=C\c1cccc(OC)c1. The molecule has 0 radical (unpaired) electrons. The highest BCUT2D eigenvalue weighted by molar-refractivity contribution is 6.23. The highest BCUT2D eigenvalue weighted by atomic mass is 16.5. The van der Waals surface area contributed by atoms with Crippen LogP contribution in [0.15, 0.2) is 59.3 Å². The molecule has 1 amide bonds. The zero-order chi connectivity index (χ0) is 21.1. The van der Waals surface area contributed by atoms with E-state index < -0.39 is 5.97 Å². The Bertz CT molecular complexity index is 1030. The Morgan fingerprint density at radius 3 is 2.48 bits per heavy atom. The summed E-state index contributed by atoms with van der Waals surface area (Å²) in [6, 6.07) is 13.2. The molecule has 0 fully saturated rings. The van der Waals surface area contributed by atoms with Crippen molar-refractivity contribution in [3.8, 4) is 5.75 Å². The number of methoxy groups -OCH3 is 1. The number of anilines is 1. The van der Waals surface area contributed by atoms with E-state index in [4.69, 9.17) is 9.47 Å². The number of carbonyl (C=O) groups is 2. The Morgan fingerprint density at radius 1 is 1.07 bits per heavy atom. The average molecular weight is 391 g/mol. The number of carbonyl (C=O) groups excluding carboxylic acids is 2. The summed E-state index contributed by atoms with van der Waals surface area (Å²) in [7, 11) is 1.59. The van der Waals surface area contributed by atoms with Gasteiger partial charge in [-0.25, -0.2) is 4.79 Å². The van der Waals surface area contributed by atoms with Gasteiger partial charge in [0.25, 0.3) is 5.91 Å². The molecule has 150 valence electrons. The Balaban J connectivity index is 2.14. The van der Waals surface area contributed by atoms with E-state index in [1.165, 1.54) is 0 Å². The number of aryl methyl sites for hydroxylation is 2. The molecule has 0 saturated carbocycles. The average Bonchev–Trinajstić information content (AvgIpc) is 2.94. The van der Waals surface area contributed by atoms with E-state index in [0.717, 1.165) is 22.4 Å². The molecular weight excluding hydrogens is 366 g/mol. The third-order valence-electron chi connectivity index (χ3n) is 5.03. The van der Waals surface area contributed by atoms with Gasteiger partial charge in [0.2, 0.25) is 0 Å². The van der Waals surface area contributed by atoms with Gasteiger partial charge in [0.05, 0.1) is 24.9 Å². The molecule has 0 aromatic heterocycles. The molecule has 0 atom stereocenters. The van der Waals surface area contributed by atoms with Crippen LogP contribution in [-0.2, 0) is 14.3 Å². The molecule has 1 aliphatic rings. The summed E-state index contributed by atoms with van der Waals surface area (Å²) in [5, 5.41) is 0. The van der Waals surface area contributed by atoms with Crippen LogP contribution in [0.3, 0.4) is 0 Å². The molecule has 2 aromatic rings. The van der Waals surface area contributed by atoms with Crippen LogP contribution in [0.4, 0.5) is 5.69 Å². The molecule has 5 heteroatoms. The van der Waals surface area contributed by atoms with Crippen molar-refractivity contribution in [2.75, 3.05) is 18.6 Å². The van der Waals surface area contributed by atoms with Gasteiger partial charge < -0.3 is 9.47 Å². The summed E-state index contributed by atoms with van der Waals surface area (Å²) in [5.74, 6) is -0.0790. The lowest BCUT2D eigenvalue weighted by Crippen LogP contribution is -2.24. The molecule has 1 heterocycles. The lowest BCUT2D eigenvalue weighted by atomic mass is 10.0. The van der Waals surface area contributed by atoms with E-state index in [1.54, 1.807) is 31.9 Å². The first kappa shape index (κ1) is 20.4. The molecule has 2 aromatic carbocycles. The van der Waals surface area contributed by atoms with Crippen LogP contribution in [0.2, 0.25) is 0 Å². The fourth-order valence-electron chi connectivity index (χ4n) is 3.35. The van der Waals surface area contributed by atoms with Gasteiger partial charge in [0.1, 0.15) is 5.75 Å². The molecule has 3 rings (SSSR count). The van der Waals surface area contributed by atoms with Crippen LogP contribution in [0.25, 0.3) is 6.08 Å². The number of esters is 1. The quantitative estimate of drug-likeness (QED) is 0.553. The van der Waals surface area contributed by atoms with Gasteiger partial charge in [-0.05, 0) is 74.7 Å². The lowest BCUT2D eigenvalue weighted by Gasteiger charge is -2.19. The van der Waals surface area contributed by atoms with Crippen molar-refractivity contribution in [1.82, 2.24) is 0 Å². The van der Waals surface area contributed by atoms with Crippen molar-refractivity contribution >= 4 is 23.6 Å². The monoisotopic (exact) mass is 391 g/mol. The largest absolute Gasteiger partial charge is 0.497 e. The Kier molecular flexibility index (Phi) is 5.87. The second-order valence-corrected chi connectivity index (χ2v) is 6.92. The van der Waals surface area contributed by atoms with Crippen LogP contribution in [0, 0.1) is 13.8 Å². The topological polar surface area (TPSA) is 55.8 Å². The second kappa shape index (κ2) is 8.35. The van der Waals surface area contributed by atoms with E-state index in [-0.39, 0.29) is 18.1 Å². The van der Waals surface area contributed by atoms with Crippen molar-refractivity contribution in [2.24, 2.45) is 0 Å². The number of benzene rings is 2. The van der Waals surface area contributed by atoms with Crippen molar-refractivity contribution in [3.63, 3.8) is 0 Å². The highest BCUT2D eigenvalue weighted by Crippen LogP contribution is 2.36. The molecule has 0 N–H and O–H groups in total. The zero-order valence-electron chi connectivity index (χ0n) is 17.4. The number of nitrogens with zero attached hydrogens (tertiary/aromatic N) is 1. The van der Waals surface area contributed by atoms with Crippen LogP contribution in [0.5, 0.6) is 5.75 Å². The minimum atomic E-state index is -0.501. The maximum absolute atomic E-state index is 13.4. The maximum Gasteiger partial charge on any atom is 0.340 e. The van der Waals surface area contributed by atoms with E-state index >= 15 is 0 Å². The summed E-state index contributed by atoms with van der Waals surface area (Å²) < 4.78 is 10.5. The van der Waals surface area contributed by atoms with Crippen LogP contribution in [0.1, 0.15) is 30.5 Å². The molecule has 0 saturated heterocycles. The number of allylic oxidation sites excluding steroid dienone is 1. The number of hydrogen-bond donors (Lipinski definition) is 0. The molecular formula is C24H25NO4. The summed E-state index contributed by atoms with van der Waals surface area (Å²) in [4.78, 5) is 27.6. The van der Waals surface area contributed by atoms with Crippen molar-refractivity contribution < 1.29 is 19.1 Å². The van der Waals surface area contributed by atoms with E-state index in [0.29, 0.717) is 17.0 Å². The smallest absolute Gasteiger partial charge is 0.340 e. The summed E-state index contributed by atoms with van der Waals surface area (Å²) in [5.41, 5.74) is 4.87. The first-order valence-corrected chi connectivity index (χ1v) is 9.53. The van der Waals surface area contributed by atoms with Gasteiger partial charge in [0.15, 0.2) is 0 Å². The lowest BCUT2D eigenvalue weighted by molar-refractivity contribution is -0.138. The Morgan fingerprint density at radius 2 is 1.83 bits per heavy atom. The number of rotatable bonds is 5. The summed E-state index contributed by atoms with van der Waals surface area (Å²) in [6.07, 6.45) is 1.71. The molecule has 0 spiro atoms. The van der Waals surface area contributed by atoms with Crippen LogP contribution in [-0.4, -0.2) is 25.6 Å². The number of amides is 1. The maximum atomic E-state index is 13.4. The third kappa shape index (κ3) is 3.94. The van der Waals surface area contributed by atoms with Gasteiger partial charge in [0, 0.05) is 11.4 Å². The second-order valence-electron chi connectivity index (χ2n) is 6.92. The van der Waals surface area contributed by atoms with Crippen molar-refractivity contribution in [2.45, 2.75) is 27.7 Å². The van der Waals surface area contributed by atoms with Gasteiger partial charge in [-0.3, -0.25) is 9.69 Å². The van der Waals surface area contributed by atoms with Gasteiger partial charge in [-0.2, -0.15) is 0 Å². The summed E-state index contributed by atoms with van der Waals surface area (Å²) in [6.45, 7) is 7.77. The minimum absolute atomic E-state index is 0.236. The highest BCUT2D eigenvalue weighted by Gasteiger charge is 2.38. The van der Waals surface area contributed by atoms with Gasteiger partial charge in [-0.15, -0.1) is 0 Å². The van der Waals surface area contributed by atoms with Crippen molar-refractivity contribution in [3.05, 3.63) is 76.0 Å². The molecule has 0 unspecified atom stereocenters. The normalized spacial score (nSPS) is 15.3. The first-order chi connectivity index (χ1) is 13.9. The minimum Gasteiger partial charge on any atom is -0.497 e. The molecule has 1 aliphatic heterocycles. The molecule has 29 heavy (non-hydrogen) atoms. The predicted molar refractivity (Wildman–Crippen MR) is 114 cm³/mol. The van der Waals surface area contributed by atoms with E-state index in [9.17, 15) is 9.59 Å². The van der Waals surface area contributed by atoms with Crippen molar-refractivity contribution in [1.29, 1.82) is 0 Å². The fraction of sp³-hybridized carbons (Fsp3) is 0.250. The van der Waals surface area contributed by atoms with Gasteiger partial charge in [-0.1, -0.05) is 18.2 Å². The Hall–Kier alpha value is -3.34. The fourth-order valence-corrected chi connectivity index (χ4v) is 3.35. The zero-order valence-corrected chi connectivity index (χ0v) is 17.4. The summed E-state index contributed by atoms with van der Waals surface area (Å²) >= 11 is 0.